The van der Waals surface area contributed by atoms with Gasteiger partial charge >= 0.3 is 5.69 Å². The van der Waals surface area contributed by atoms with E-state index in [9.17, 15) is 36.9 Å². The molecule has 2 fully saturated rings. The molecule has 4 rings (SSSR count). The van der Waals surface area contributed by atoms with Crippen molar-refractivity contribution in [2.24, 2.45) is 0 Å². The maximum absolute atomic E-state index is 11.5. The van der Waals surface area contributed by atoms with Gasteiger partial charge in [0, 0.05) is 21.5 Å². The van der Waals surface area contributed by atoms with Crippen LogP contribution in [-0.2, 0) is 39.9 Å². The molecule has 9 N–H and O–H groups in total. The van der Waals surface area contributed by atoms with E-state index in [0.29, 0.717) is 18.9 Å². The van der Waals surface area contributed by atoms with E-state index < -0.39 is 57.1 Å². The van der Waals surface area contributed by atoms with Gasteiger partial charge in [-0.3, -0.25) is 12.9 Å². The number of rotatable bonds is 12. The number of benzene rings is 1. The van der Waals surface area contributed by atoms with Gasteiger partial charge in [0.05, 0.1) is 44.1 Å². The fourth-order valence-corrected chi connectivity index (χ4v) is 6.74. The van der Waals surface area contributed by atoms with Crippen molar-refractivity contribution in [3.8, 4) is 0 Å². The largest absolute Gasteiger partial charge is 0.398 e. The third kappa shape index (κ3) is 15.9. The average molecular weight is 869 g/mol. The molecule has 22 heteroatoms. The zero-order valence-electron chi connectivity index (χ0n) is 26.9. The molecule has 0 radical (unpaired) electrons. The lowest BCUT2D eigenvalue weighted by atomic mass is 9.93. The van der Waals surface area contributed by atoms with Gasteiger partial charge in [0.25, 0.3) is 20.2 Å². The normalized spacial score (nSPS) is 24.0. The summed E-state index contributed by atoms with van der Waals surface area (Å²) in [6.45, 7) is 0.391. The topological polar surface area (TPSA) is 289 Å². The van der Waals surface area contributed by atoms with Gasteiger partial charge in [-0.15, -0.1) is 0 Å². The van der Waals surface area contributed by atoms with Crippen LogP contribution in [0.4, 0.5) is 11.6 Å². The van der Waals surface area contributed by atoms with E-state index in [1.807, 2.05) is 12.1 Å². The molecule has 4 atom stereocenters. The number of nitrogen functional groups attached to an aromatic ring is 2. The van der Waals surface area contributed by atoms with Crippen LogP contribution in [0.25, 0.3) is 0 Å². The second-order valence-electron chi connectivity index (χ2n) is 11.2. The Bertz CT molecular complexity index is 1580. The predicted molar refractivity (Wildman–Crippen MR) is 186 cm³/mol. The maximum Gasteiger partial charge on any atom is 0.354 e. The highest BCUT2D eigenvalue weighted by Crippen LogP contribution is 2.29. The highest BCUT2D eigenvalue weighted by atomic mass is 79.9. The van der Waals surface area contributed by atoms with Crippen LogP contribution in [0.1, 0.15) is 50.3 Å². The minimum atomic E-state index is -3.40. The first-order chi connectivity index (χ1) is 22.8. The van der Waals surface area contributed by atoms with Gasteiger partial charge < -0.3 is 41.9 Å². The van der Waals surface area contributed by atoms with Crippen LogP contribution in [0, 0.1) is 0 Å². The third-order valence-electron chi connectivity index (χ3n) is 7.13. The summed E-state index contributed by atoms with van der Waals surface area (Å²) in [5.41, 5.74) is 12.4. The van der Waals surface area contributed by atoms with E-state index in [-0.39, 0.29) is 25.3 Å². The van der Waals surface area contributed by atoms with E-state index in [1.54, 1.807) is 0 Å². The Balaban J connectivity index is 0.000000258. The van der Waals surface area contributed by atoms with Crippen molar-refractivity contribution >= 4 is 63.7 Å². The Morgan fingerprint density at radius 1 is 0.980 bits per heavy atom. The molecule has 280 valence electrons. The molecule has 2 aromatic rings. The SMILES string of the molecule is CS(=O)(=O)OCCCCOS(C)(=O)=O.Nc1c(Br)cc(Br)cc1CNC1CCC(O)CC1.Nc1ncn([C@@H]2O[C@H](CO)[C@@H](O)[C@@H]2O)c(=O)n1. The first-order valence-corrected chi connectivity index (χ1v) is 20.2. The molecule has 18 nitrogen and oxygen atoms in total. The molecule has 1 saturated carbocycles. The summed E-state index contributed by atoms with van der Waals surface area (Å²) >= 11 is 6.93. The molecule has 0 bridgehead atoms. The van der Waals surface area contributed by atoms with Crippen LogP contribution >= 0.6 is 31.9 Å². The van der Waals surface area contributed by atoms with E-state index in [1.165, 1.54) is 0 Å². The van der Waals surface area contributed by atoms with E-state index in [4.69, 9.17) is 21.3 Å². The number of ether oxygens (including phenoxy) is 1. The number of nitrogens with one attached hydrogen (secondary N) is 1. The van der Waals surface area contributed by atoms with Crippen molar-refractivity contribution in [2.45, 2.75) is 81.8 Å². The Labute approximate surface area is 301 Å². The predicted octanol–water partition coefficient (Wildman–Crippen LogP) is -0.262. The summed E-state index contributed by atoms with van der Waals surface area (Å²) in [6, 6.07) is 4.49. The number of nitrogens with two attached hydrogens (primary N) is 2. The molecule has 2 heterocycles. The van der Waals surface area contributed by atoms with Crippen molar-refractivity contribution in [3.63, 3.8) is 0 Å². The Hall–Kier alpha value is -1.83. The van der Waals surface area contributed by atoms with E-state index >= 15 is 0 Å². The number of aliphatic hydroxyl groups is 4. The first-order valence-electron chi connectivity index (χ1n) is 15.0. The van der Waals surface area contributed by atoms with Gasteiger partial charge in [-0.1, -0.05) is 15.9 Å². The zero-order valence-corrected chi connectivity index (χ0v) is 31.7. The summed E-state index contributed by atoms with van der Waals surface area (Å²) in [5.74, 6) is -0.196. The number of aromatic nitrogens is 3. The van der Waals surface area contributed by atoms with Crippen LogP contribution in [0.5, 0.6) is 0 Å². The first kappa shape index (κ1) is 43.3. The van der Waals surface area contributed by atoms with E-state index in [0.717, 1.165) is 75.8 Å². The van der Waals surface area contributed by atoms with Gasteiger partial charge in [0.15, 0.2) is 6.23 Å². The maximum atomic E-state index is 11.5. The molecule has 1 saturated heterocycles. The second-order valence-corrected chi connectivity index (χ2v) is 16.3. The van der Waals surface area contributed by atoms with Crippen LogP contribution in [0.3, 0.4) is 0 Å². The standard InChI is InChI=1S/C13H18Br2N2O.C8H12N4O5.C6H14O6S2/c14-9-5-8(13(16)12(15)6-9)7-17-10-1-3-11(18)4-2-10;9-7-10-2-12(8(16)11-7)6-5(15)4(14)3(1-13)17-6;1-13(7,8)11-5-3-4-6-12-14(2,9)10/h5-6,10-11,17-18H,1-4,7,16H2;2-6,13-15H,1H2,(H2,9,11,16);3-6H2,1-2H3/t;3-,4-,5+,6-;/m.1./s1. The molecule has 1 aliphatic carbocycles. The van der Waals surface area contributed by atoms with Crippen LogP contribution in [0.15, 0.2) is 32.2 Å². The number of anilines is 2. The Morgan fingerprint density at radius 2 is 1.55 bits per heavy atom. The summed E-state index contributed by atoms with van der Waals surface area (Å²) in [6.07, 6.45) is 2.88. The molecular formula is C27H44Br2N6O12S2. The molecule has 49 heavy (non-hydrogen) atoms. The lowest BCUT2D eigenvalue weighted by Gasteiger charge is -2.26. The minimum Gasteiger partial charge on any atom is -0.398 e. The molecule has 1 aromatic heterocycles. The highest BCUT2D eigenvalue weighted by Gasteiger charge is 2.43. The van der Waals surface area contributed by atoms with Crippen LogP contribution in [0.2, 0.25) is 0 Å². The summed E-state index contributed by atoms with van der Waals surface area (Å²) < 4.78 is 58.7. The van der Waals surface area contributed by atoms with Crippen molar-refractivity contribution in [1.82, 2.24) is 19.9 Å². The smallest absolute Gasteiger partial charge is 0.354 e. The number of nitrogens with zero attached hydrogens (tertiary/aromatic N) is 3. The number of aliphatic hydroxyl groups excluding tert-OH is 4. The second kappa shape index (κ2) is 20.3. The van der Waals surface area contributed by atoms with Crippen LogP contribution in [-0.4, -0.2) is 115 Å². The average Bonchev–Trinajstić information content (AvgIpc) is 3.29. The van der Waals surface area contributed by atoms with Gasteiger partial charge in [0.1, 0.15) is 24.6 Å². The van der Waals surface area contributed by atoms with E-state index in [2.05, 4.69) is 55.5 Å². The lowest BCUT2D eigenvalue weighted by molar-refractivity contribution is -0.0554. The van der Waals surface area contributed by atoms with Crippen molar-refractivity contribution < 1.29 is 50.4 Å². The summed E-state index contributed by atoms with van der Waals surface area (Å²) in [4.78, 5) is 18.4. The molecule has 2 aliphatic rings. The van der Waals surface area contributed by atoms with Gasteiger partial charge in [-0.05, 0) is 72.2 Å². The number of hydrogen-bond acceptors (Lipinski definition) is 17. The molecule has 0 amide bonds. The number of unbranched alkanes of at least 4 members (excludes halogenated alkanes) is 1. The summed E-state index contributed by atoms with van der Waals surface area (Å²) in [5, 5.41) is 41.1. The quantitative estimate of drug-likeness (QED) is 0.0822. The molecule has 1 aliphatic heterocycles. The number of hydrogen-bond donors (Lipinski definition) is 7. The van der Waals surface area contributed by atoms with Gasteiger partial charge in [-0.2, -0.15) is 21.8 Å². The zero-order chi connectivity index (χ0) is 36.9. The minimum absolute atomic E-state index is 0.0476. The molecular weight excluding hydrogens is 824 g/mol. The Morgan fingerprint density at radius 3 is 2.04 bits per heavy atom. The van der Waals surface area contributed by atoms with Gasteiger partial charge in [-0.25, -0.2) is 9.78 Å². The van der Waals surface area contributed by atoms with Crippen molar-refractivity contribution in [3.05, 3.63) is 43.5 Å². The summed E-state index contributed by atoms with van der Waals surface area (Å²) in [7, 11) is -6.80. The number of halogens is 2. The van der Waals surface area contributed by atoms with Gasteiger partial charge in [0.2, 0.25) is 5.95 Å². The fourth-order valence-electron chi connectivity index (χ4n) is 4.58. The molecule has 0 spiro atoms. The lowest BCUT2D eigenvalue weighted by Crippen LogP contribution is -2.36. The molecule has 1 aromatic carbocycles. The van der Waals surface area contributed by atoms with Crippen LogP contribution < -0.4 is 22.5 Å². The highest BCUT2D eigenvalue weighted by molar-refractivity contribution is 9.11. The monoisotopic (exact) mass is 866 g/mol. The van der Waals surface area contributed by atoms with Crippen molar-refractivity contribution in [2.75, 3.05) is 43.8 Å². The molecule has 0 unspecified atom stereocenters. The fraction of sp³-hybridized carbons (Fsp3) is 0.667. The van der Waals surface area contributed by atoms with Crippen molar-refractivity contribution in [1.29, 1.82) is 0 Å². The Kier molecular flexibility index (Phi) is 17.9. The third-order valence-corrected chi connectivity index (χ3v) is 9.43.